The molecule has 1 aliphatic rings. The van der Waals surface area contributed by atoms with Crippen LogP contribution in [0.5, 0.6) is 28.7 Å². The molecule has 2 aromatic rings. The molecule has 0 saturated heterocycles. The van der Waals surface area contributed by atoms with Crippen molar-refractivity contribution in [1.82, 2.24) is 0 Å². The highest BCUT2D eigenvalue weighted by molar-refractivity contribution is 6.07. The van der Waals surface area contributed by atoms with Crippen LogP contribution in [0.4, 0.5) is 0 Å². The minimum Gasteiger partial charge on any atom is -0.508 e. The standard InChI is InChI=1S/C26H30O6/c1-15(2)6-5-7-16(3)8-10-19-21(28)13-22(29)24-25(30)20(14-32-26(19)24)18-11-9-17(27)12-23(18)31-4/h6,8-9,11-13,20,27-29H,5,7,10,14H2,1-4H3/t20-/m1/s1. The summed E-state index contributed by atoms with van der Waals surface area (Å²) in [7, 11) is 1.46. The maximum Gasteiger partial charge on any atom is 0.181 e. The van der Waals surface area contributed by atoms with Gasteiger partial charge >= 0.3 is 0 Å². The maximum atomic E-state index is 13.3. The number of Topliss-reactive ketones (excluding diaryl/α,β-unsaturated/α-hetero) is 1. The molecule has 170 valence electrons. The van der Waals surface area contributed by atoms with Crippen LogP contribution in [0.1, 0.15) is 61.0 Å². The van der Waals surface area contributed by atoms with Gasteiger partial charge in [-0.2, -0.15) is 0 Å². The average molecular weight is 439 g/mol. The molecule has 32 heavy (non-hydrogen) atoms. The number of carbonyl (C=O) groups excluding carboxylic acids is 1. The zero-order valence-electron chi connectivity index (χ0n) is 18.9. The predicted octanol–water partition coefficient (Wildman–Crippen LogP) is 5.41. The van der Waals surface area contributed by atoms with Crippen LogP contribution in [0.3, 0.4) is 0 Å². The first-order chi connectivity index (χ1) is 15.2. The molecule has 3 rings (SSSR count). The molecule has 6 nitrogen and oxygen atoms in total. The fraction of sp³-hybridized carbons (Fsp3) is 0.346. The van der Waals surface area contributed by atoms with Gasteiger partial charge < -0.3 is 24.8 Å². The second-order valence-electron chi connectivity index (χ2n) is 8.33. The summed E-state index contributed by atoms with van der Waals surface area (Å²) in [4.78, 5) is 13.3. The van der Waals surface area contributed by atoms with E-state index in [1.54, 1.807) is 6.07 Å². The van der Waals surface area contributed by atoms with E-state index in [1.807, 2.05) is 13.0 Å². The highest BCUT2D eigenvalue weighted by atomic mass is 16.5. The van der Waals surface area contributed by atoms with E-state index in [9.17, 15) is 20.1 Å². The molecule has 0 aromatic heterocycles. The van der Waals surface area contributed by atoms with Gasteiger partial charge in [0.1, 0.15) is 40.9 Å². The van der Waals surface area contributed by atoms with E-state index in [0.29, 0.717) is 23.3 Å². The quantitative estimate of drug-likeness (QED) is 0.501. The van der Waals surface area contributed by atoms with Crippen molar-refractivity contribution in [2.24, 2.45) is 0 Å². The summed E-state index contributed by atoms with van der Waals surface area (Å²) in [6.45, 7) is 6.19. The summed E-state index contributed by atoms with van der Waals surface area (Å²) in [5, 5.41) is 30.6. The fourth-order valence-electron chi connectivity index (χ4n) is 3.87. The fourth-order valence-corrected chi connectivity index (χ4v) is 3.87. The van der Waals surface area contributed by atoms with Gasteiger partial charge in [-0.3, -0.25) is 4.79 Å². The monoisotopic (exact) mass is 438 g/mol. The summed E-state index contributed by atoms with van der Waals surface area (Å²) in [5.41, 5.74) is 3.53. The van der Waals surface area contributed by atoms with Gasteiger partial charge in [-0.05, 0) is 46.1 Å². The molecule has 1 aliphatic heterocycles. The number of rotatable bonds is 7. The Morgan fingerprint density at radius 2 is 1.88 bits per heavy atom. The lowest BCUT2D eigenvalue weighted by Gasteiger charge is -2.28. The SMILES string of the molecule is COc1cc(O)ccc1[C@H]1COc2c(CC=C(C)CCC=C(C)C)c(O)cc(O)c2C1=O. The van der Waals surface area contributed by atoms with Crippen molar-refractivity contribution >= 4 is 5.78 Å². The smallest absolute Gasteiger partial charge is 0.181 e. The normalized spacial score (nSPS) is 15.7. The van der Waals surface area contributed by atoms with Crippen LogP contribution in [0.2, 0.25) is 0 Å². The van der Waals surface area contributed by atoms with Gasteiger partial charge in [0.2, 0.25) is 0 Å². The van der Waals surface area contributed by atoms with E-state index in [4.69, 9.17) is 9.47 Å². The summed E-state index contributed by atoms with van der Waals surface area (Å²) in [5.74, 6) is -0.849. The van der Waals surface area contributed by atoms with Crippen molar-refractivity contribution in [3.05, 3.63) is 64.3 Å². The molecule has 1 atom stereocenters. The lowest BCUT2D eigenvalue weighted by atomic mass is 9.86. The Kier molecular flexibility index (Phi) is 7.13. The summed E-state index contributed by atoms with van der Waals surface area (Å²) in [6, 6.07) is 5.72. The minimum absolute atomic E-state index is 0.0250. The Labute approximate surface area is 188 Å². The highest BCUT2D eigenvalue weighted by Gasteiger charge is 2.36. The van der Waals surface area contributed by atoms with E-state index >= 15 is 0 Å². The zero-order chi connectivity index (χ0) is 23.4. The molecule has 0 fully saturated rings. The molecule has 0 spiro atoms. The third-order valence-electron chi connectivity index (χ3n) is 5.64. The van der Waals surface area contributed by atoms with Gasteiger partial charge in [0, 0.05) is 23.3 Å². The molecule has 1 heterocycles. The molecule has 2 aromatic carbocycles. The number of benzene rings is 2. The average Bonchev–Trinajstić information content (AvgIpc) is 2.73. The Bertz CT molecular complexity index is 1080. The lowest BCUT2D eigenvalue weighted by molar-refractivity contribution is 0.0888. The van der Waals surface area contributed by atoms with Crippen molar-refractivity contribution in [3.8, 4) is 28.7 Å². The first-order valence-corrected chi connectivity index (χ1v) is 10.6. The third kappa shape index (κ3) is 4.90. The highest BCUT2D eigenvalue weighted by Crippen LogP contribution is 2.45. The number of allylic oxidation sites excluding steroid dienone is 4. The predicted molar refractivity (Wildman–Crippen MR) is 123 cm³/mol. The first kappa shape index (κ1) is 23.3. The Morgan fingerprint density at radius 1 is 1.12 bits per heavy atom. The third-order valence-corrected chi connectivity index (χ3v) is 5.64. The molecule has 0 amide bonds. The van der Waals surface area contributed by atoms with E-state index in [2.05, 4.69) is 19.9 Å². The van der Waals surface area contributed by atoms with Crippen LogP contribution in [0.25, 0.3) is 0 Å². The van der Waals surface area contributed by atoms with Crippen LogP contribution in [-0.2, 0) is 6.42 Å². The number of methoxy groups -OCH3 is 1. The van der Waals surface area contributed by atoms with Crippen LogP contribution in [0, 0.1) is 0 Å². The molecule has 0 radical (unpaired) electrons. The van der Waals surface area contributed by atoms with E-state index in [1.165, 1.54) is 30.9 Å². The van der Waals surface area contributed by atoms with Crippen LogP contribution < -0.4 is 9.47 Å². The summed E-state index contributed by atoms with van der Waals surface area (Å²) < 4.78 is 11.2. The van der Waals surface area contributed by atoms with Crippen molar-refractivity contribution in [2.45, 2.75) is 46.0 Å². The van der Waals surface area contributed by atoms with Gasteiger partial charge in [-0.1, -0.05) is 29.4 Å². The van der Waals surface area contributed by atoms with Gasteiger partial charge in [-0.25, -0.2) is 0 Å². The molecule has 0 bridgehead atoms. The molecule has 0 saturated carbocycles. The number of ketones is 1. The number of aromatic hydroxyl groups is 3. The number of carbonyl (C=O) groups is 1. The number of hydrogen-bond acceptors (Lipinski definition) is 6. The van der Waals surface area contributed by atoms with Crippen molar-refractivity contribution in [3.63, 3.8) is 0 Å². The molecule has 0 unspecified atom stereocenters. The van der Waals surface area contributed by atoms with Crippen molar-refractivity contribution in [2.75, 3.05) is 13.7 Å². The van der Waals surface area contributed by atoms with Crippen molar-refractivity contribution < 1.29 is 29.6 Å². The molecule has 0 aliphatic carbocycles. The number of fused-ring (bicyclic) bond motifs is 1. The van der Waals surface area contributed by atoms with Gasteiger partial charge in [-0.15, -0.1) is 0 Å². The van der Waals surface area contributed by atoms with Crippen LogP contribution in [-0.4, -0.2) is 34.8 Å². The molecule has 3 N–H and O–H groups in total. The molecule has 6 heteroatoms. The first-order valence-electron chi connectivity index (χ1n) is 10.6. The Morgan fingerprint density at radius 3 is 2.56 bits per heavy atom. The maximum absolute atomic E-state index is 13.3. The second kappa shape index (κ2) is 9.81. The number of hydrogen-bond donors (Lipinski definition) is 3. The lowest BCUT2D eigenvalue weighted by Crippen LogP contribution is -2.27. The van der Waals surface area contributed by atoms with Gasteiger partial charge in [0.15, 0.2) is 5.78 Å². The summed E-state index contributed by atoms with van der Waals surface area (Å²) >= 11 is 0. The van der Waals surface area contributed by atoms with E-state index < -0.39 is 5.92 Å². The topological polar surface area (TPSA) is 96.2 Å². The molecular formula is C26H30O6. The Hall–Kier alpha value is -3.41. The summed E-state index contributed by atoms with van der Waals surface area (Å²) in [6.07, 6.45) is 6.41. The number of ether oxygens (including phenoxy) is 2. The Balaban J connectivity index is 1.92. The zero-order valence-corrected chi connectivity index (χ0v) is 18.9. The van der Waals surface area contributed by atoms with Crippen LogP contribution in [0.15, 0.2) is 47.6 Å². The van der Waals surface area contributed by atoms with E-state index in [-0.39, 0.29) is 41.0 Å². The van der Waals surface area contributed by atoms with E-state index in [0.717, 1.165) is 18.4 Å². The number of phenols is 3. The van der Waals surface area contributed by atoms with Crippen LogP contribution >= 0.6 is 0 Å². The molecular weight excluding hydrogens is 408 g/mol. The van der Waals surface area contributed by atoms with Gasteiger partial charge in [0.25, 0.3) is 0 Å². The van der Waals surface area contributed by atoms with Gasteiger partial charge in [0.05, 0.1) is 13.0 Å². The minimum atomic E-state index is -0.706. The largest absolute Gasteiger partial charge is 0.508 e. The second-order valence-corrected chi connectivity index (χ2v) is 8.33. The van der Waals surface area contributed by atoms with Crippen molar-refractivity contribution in [1.29, 1.82) is 0 Å². The number of phenolic OH excluding ortho intramolecular Hbond substituents is 3.